The molecule has 0 unspecified atom stereocenters. The van der Waals surface area contributed by atoms with Crippen molar-refractivity contribution in [3.8, 4) is 0 Å². The lowest BCUT2D eigenvalue weighted by Crippen LogP contribution is -2.41. The maximum absolute atomic E-state index is 12.6. The van der Waals surface area contributed by atoms with Crippen molar-refractivity contribution in [3.05, 3.63) is 65.2 Å². The maximum Gasteiger partial charge on any atom is 0.253 e. The van der Waals surface area contributed by atoms with E-state index in [1.807, 2.05) is 77.9 Å². The van der Waals surface area contributed by atoms with Gasteiger partial charge < -0.3 is 21.1 Å². The molecule has 0 spiro atoms. The number of benzene rings is 2. The Balaban J connectivity index is 2.07. The number of nitrogens with one attached hydrogen (secondary N) is 3. The molecular weight excluding hydrogens is 390 g/mol. The molecule has 0 aliphatic rings. The second-order valence-corrected chi connectivity index (χ2v) is 9.85. The van der Waals surface area contributed by atoms with Gasteiger partial charge >= 0.3 is 0 Å². The number of carbonyl (C=O) groups excluding carboxylic acids is 2. The third-order valence-electron chi connectivity index (χ3n) is 4.39. The third-order valence-corrected chi connectivity index (χ3v) is 4.39. The lowest BCUT2D eigenvalue weighted by molar-refractivity contribution is 0.0909. The Hall–Kier alpha value is -2.86. The number of hydrogen-bond donors (Lipinski definition) is 4. The van der Waals surface area contributed by atoms with Crippen molar-refractivity contribution >= 4 is 17.5 Å². The second kappa shape index (κ2) is 9.96. The summed E-state index contributed by atoms with van der Waals surface area (Å²) >= 11 is 0. The molecule has 6 nitrogen and oxygen atoms in total. The van der Waals surface area contributed by atoms with E-state index in [2.05, 4.69) is 16.0 Å². The molecule has 0 radical (unpaired) electrons. The fourth-order valence-corrected chi connectivity index (χ4v) is 3.12. The van der Waals surface area contributed by atoms with E-state index in [0.29, 0.717) is 23.2 Å². The van der Waals surface area contributed by atoms with Crippen LogP contribution in [0.4, 0.5) is 5.69 Å². The number of anilines is 1. The topological polar surface area (TPSA) is 90.5 Å². The Morgan fingerprint density at radius 2 is 1.29 bits per heavy atom. The van der Waals surface area contributed by atoms with E-state index in [1.165, 1.54) is 0 Å². The summed E-state index contributed by atoms with van der Waals surface area (Å²) in [7, 11) is 0. The molecule has 2 rings (SSSR count). The zero-order valence-electron chi connectivity index (χ0n) is 19.4. The number of amides is 2. The number of aliphatic hydroxyl groups is 1. The van der Waals surface area contributed by atoms with Crippen molar-refractivity contribution in [2.75, 3.05) is 11.9 Å². The first-order valence-corrected chi connectivity index (χ1v) is 10.6. The smallest absolute Gasteiger partial charge is 0.253 e. The molecule has 1 atom stereocenters. The SMILES string of the molecule is CC(C)(C)NC(=O)c1ccccc1C[C@H](O)CNc1ccccc1C(=O)NC(C)(C)C. The van der Waals surface area contributed by atoms with Gasteiger partial charge in [-0.25, -0.2) is 0 Å². The van der Waals surface area contributed by atoms with Crippen LogP contribution < -0.4 is 16.0 Å². The molecule has 0 fully saturated rings. The number of carbonyl (C=O) groups is 2. The van der Waals surface area contributed by atoms with Crippen molar-refractivity contribution in [2.45, 2.75) is 65.1 Å². The van der Waals surface area contributed by atoms with E-state index in [-0.39, 0.29) is 29.4 Å². The van der Waals surface area contributed by atoms with Crippen LogP contribution >= 0.6 is 0 Å². The molecule has 2 aromatic rings. The van der Waals surface area contributed by atoms with Gasteiger partial charge in [0.2, 0.25) is 0 Å². The predicted octanol–water partition coefficient (Wildman–Crippen LogP) is 3.76. The van der Waals surface area contributed by atoms with Gasteiger partial charge in [0.05, 0.1) is 11.7 Å². The van der Waals surface area contributed by atoms with Crippen LogP contribution in [0.15, 0.2) is 48.5 Å². The van der Waals surface area contributed by atoms with Crippen LogP contribution in [0.25, 0.3) is 0 Å². The van der Waals surface area contributed by atoms with Crippen LogP contribution in [0.5, 0.6) is 0 Å². The van der Waals surface area contributed by atoms with Gasteiger partial charge in [0.15, 0.2) is 0 Å². The van der Waals surface area contributed by atoms with E-state index >= 15 is 0 Å². The molecule has 0 bridgehead atoms. The summed E-state index contributed by atoms with van der Waals surface area (Å²) in [5.74, 6) is -0.332. The lowest BCUT2D eigenvalue weighted by Gasteiger charge is -2.23. The first-order valence-electron chi connectivity index (χ1n) is 10.6. The minimum Gasteiger partial charge on any atom is -0.391 e. The largest absolute Gasteiger partial charge is 0.391 e. The molecule has 4 N–H and O–H groups in total. The van der Waals surface area contributed by atoms with Crippen LogP contribution in [0.2, 0.25) is 0 Å². The molecular formula is C25H35N3O3. The fourth-order valence-electron chi connectivity index (χ4n) is 3.12. The quantitative estimate of drug-likeness (QED) is 0.544. The standard InChI is InChI=1S/C25H35N3O3/c1-24(2,3)27-22(30)19-12-8-7-11-17(19)15-18(29)16-26-21-14-10-9-13-20(21)23(31)28-25(4,5)6/h7-14,18,26,29H,15-16H2,1-6H3,(H,27,30)(H,28,31)/t18-/m0/s1. The zero-order chi connectivity index (χ0) is 23.2. The molecule has 0 saturated carbocycles. The van der Waals surface area contributed by atoms with Crippen molar-refractivity contribution in [1.29, 1.82) is 0 Å². The van der Waals surface area contributed by atoms with E-state index in [0.717, 1.165) is 5.56 Å². The van der Waals surface area contributed by atoms with Gasteiger partial charge in [-0.1, -0.05) is 30.3 Å². The first-order chi connectivity index (χ1) is 14.4. The molecule has 0 heterocycles. The van der Waals surface area contributed by atoms with Gasteiger partial charge in [-0.05, 0) is 65.3 Å². The normalized spacial score (nSPS) is 12.7. The summed E-state index contributed by atoms with van der Waals surface area (Å²) in [4.78, 5) is 25.2. The minimum absolute atomic E-state index is 0.160. The average molecular weight is 426 g/mol. The molecule has 168 valence electrons. The molecule has 0 saturated heterocycles. The molecule has 0 aliphatic carbocycles. The highest BCUT2D eigenvalue weighted by Crippen LogP contribution is 2.18. The van der Waals surface area contributed by atoms with E-state index in [4.69, 9.17) is 0 Å². The number of aliphatic hydroxyl groups excluding tert-OH is 1. The highest BCUT2D eigenvalue weighted by Gasteiger charge is 2.20. The van der Waals surface area contributed by atoms with Crippen molar-refractivity contribution in [1.82, 2.24) is 10.6 Å². The summed E-state index contributed by atoms with van der Waals surface area (Å²) in [5, 5.41) is 19.7. The Bertz CT molecular complexity index is 911. The highest BCUT2D eigenvalue weighted by atomic mass is 16.3. The Morgan fingerprint density at radius 1 is 0.806 bits per heavy atom. The Labute approximate surface area is 185 Å². The summed E-state index contributed by atoms with van der Waals surface area (Å²) in [6.07, 6.45) is -0.417. The predicted molar refractivity (Wildman–Crippen MR) is 126 cm³/mol. The van der Waals surface area contributed by atoms with Crippen LogP contribution in [0.1, 0.15) is 67.8 Å². The van der Waals surface area contributed by atoms with Gasteiger partial charge in [0.1, 0.15) is 0 Å². The average Bonchev–Trinajstić information content (AvgIpc) is 2.64. The number of rotatable bonds is 7. The first kappa shape index (κ1) is 24.4. The lowest BCUT2D eigenvalue weighted by atomic mass is 9.99. The van der Waals surface area contributed by atoms with Crippen molar-refractivity contribution in [2.24, 2.45) is 0 Å². The number of hydrogen-bond acceptors (Lipinski definition) is 4. The van der Waals surface area contributed by atoms with Crippen LogP contribution in [0, 0.1) is 0 Å². The molecule has 2 amide bonds. The molecule has 31 heavy (non-hydrogen) atoms. The maximum atomic E-state index is 12.6. The van der Waals surface area contributed by atoms with Crippen LogP contribution in [0.3, 0.4) is 0 Å². The Morgan fingerprint density at radius 3 is 1.87 bits per heavy atom. The van der Waals surface area contributed by atoms with Crippen LogP contribution in [-0.2, 0) is 6.42 Å². The highest BCUT2D eigenvalue weighted by molar-refractivity contribution is 6.00. The monoisotopic (exact) mass is 425 g/mol. The van der Waals surface area contributed by atoms with Crippen LogP contribution in [-0.4, -0.2) is 40.6 Å². The number of para-hydroxylation sites is 1. The summed E-state index contributed by atoms with van der Waals surface area (Å²) in [6.45, 7) is 11.8. The van der Waals surface area contributed by atoms with Gasteiger partial charge in [0, 0.05) is 35.3 Å². The molecule has 0 aromatic heterocycles. The Kier molecular flexibility index (Phi) is 7.85. The molecule has 0 aliphatic heterocycles. The van der Waals surface area contributed by atoms with Gasteiger partial charge in [-0.15, -0.1) is 0 Å². The fraction of sp³-hybridized carbons (Fsp3) is 0.440. The van der Waals surface area contributed by atoms with Gasteiger partial charge in [-0.2, -0.15) is 0 Å². The second-order valence-electron chi connectivity index (χ2n) is 9.85. The van der Waals surface area contributed by atoms with Crippen molar-refractivity contribution in [3.63, 3.8) is 0 Å². The minimum atomic E-state index is -0.734. The summed E-state index contributed by atoms with van der Waals surface area (Å²) in [5.41, 5.74) is 1.82. The molecule has 2 aromatic carbocycles. The van der Waals surface area contributed by atoms with E-state index < -0.39 is 6.10 Å². The van der Waals surface area contributed by atoms with E-state index in [1.54, 1.807) is 12.1 Å². The van der Waals surface area contributed by atoms with Crippen molar-refractivity contribution < 1.29 is 14.7 Å². The summed E-state index contributed by atoms with van der Waals surface area (Å²) in [6, 6.07) is 14.5. The summed E-state index contributed by atoms with van der Waals surface area (Å²) < 4.78 is 0. The molecule has 6 heteroatoms. The van der Waals surface area contributed by atoms with Gasteiger partial charge in [-0.3, -0.25) is 9.59 Å². The third kappa shape index (κ3) is 8.06. The van der Waals surface area contributed by atoms with E-state index in [9.17, 15) is 14.7 Å². The van der Waals surface area contributed by atoms with Gasteiger partial charge in [0.25, 0.3) is 11.8 Å². The zero-order valence-corrected chi connectivity index (χ0v) is 19.4.